The summed E-state index contributed by atoms with van der Waals surface area (Å²) in [5.74, 6) is -1.90. The van der Waals surface area contributed by atoms with Crippen molar-refractivity contribution in [3.05, 3.63) is 449 Å². The van der Waals surface area contributed by atoms with Crippen molar-refractivity contribution in [1.29, 1.82) is 0 Å². The molecule has 143 heavy (non-hydrogen) atoms. The summed E-state index contributed by atoms with van der Waals surface area (Å²) in [5, 5.41) is 14.9. The van der Waals surface area contributed by atoms with Gasteiger partial charge in [-0.05, 0) is 84.2 Å². The molecule has 5 heterocycles. The van der Waals surface area contributed by atoms with Gasteiger partial charge in [-0.25, -0.2) is 9.59 Å². The number of rotatable bonds is 43. The Hall–Kier alpha value is -11.4. The van der Waals surface area contributed by atoms with Gasteiger partial charge in [0.25, 0.3) is 8.32 Å². The van der Waals surface area contributed by atoms with E-state index in [0.29, 0.717) is 0 Å². The molecule has 18 rings (SSSR count). The number of esters is 2. The molecule has 13 aromatic carbocycles. The Balaban J connectivity index is 0.688. The summed E-state index contributed by atoms with van der Waals surface area (Å²) in [6.07, 6.45) is -22.6. The summed E-state index contributed by atoms with van der Waals surface area (Å²) in [4.78, 5) is 32.4. The van der Waals surface area contributed by atoms with E-state index in [1.54, 1.807) is 19.2 Å². The van der Waals surface area contributed by atoms with E-state index in [2.05, 4.69) is 45.0 Å². The Bertz CT molecular complexity index is 5940. The zero-order valence-electron chi connectivity index (χ0n) is 80.4. The van der Waals surface area contributed by atoms with Crippen LogP contribution < -0.4 is 10.4 Å². The summed E-state index contributed by atoms with van der Waals surface area (Å²) in [5.41, 5.74) is 6.36. The third kappa shape index (κ3) is 26.1. The Labute approximate surface area is 841 Å². The highest BCUT2D eigenvalue weighted by molar-refractivity contribution is 7.99. The smallest absolute Gasteiger partial charge is 0.339 e. The molecule has 0 saturated carbocycles. The van der Waals surface area contributed by atoms with Crippen LogP contribution in [0.5, 0.6) is 0 Å². The van der Waals surface area contributed by atoms with E-state index in [1.807, 2.05) is 340 Å². The number of aliphatic hydroxyl groups is 1. The molecule has 25 heteroatoms. The summed E-state index contributed by atoms with van der Waals surface area (Å²) < 4.78 is 143. The first kappa shape index (κ1) is 102. The number of aliphatic hydroxyl groups excluding tert-OH is 1. The minimum atomic E-state index is -3.40. The van der Waals surface area contributed by atoms with Crippen LogP contribution in [0.25, 0.3) is 0 Å². The van der Waals surface area contributed by atoms with Gasteiger partial charge < -0.3 is 99.5 Å². The number of fused-ring (bicyclic) bond motifs is 1. The van der Waals surface area contributed by atoms with Crippen molar-refractivity contribution in [2.45, 2.75) is 212 Å². The molecule has 23 nitrogen and oxygen atoms in total. The van der Waals surface area contributed by atoms with Crippen LogP contribution in [0, 0.1) is 0 Å². The maximum absolute atomic E-state index is 15.8. The fourth-order valence-corrected chi connectivity index (χ4v) is 24.8. The highest BCUT2D eigenvalue weighted by Gasteiger charge is 2.60. The SMILES string of the molecule is CO[C@H]1O[C@H](CO[Si](c2ccccc2)(c2ccccc2)C(C)(C)C)[C@@H](O[C@H]2O[C@H](COC(=O)c3ccccc3C(=O)OC[C@H]3O[C@@H](Sc4ccccc4)[C@H](OCc4ccccc4)[C@@H](OCc4ccccc4)[C@@H]3O[C@H]3O[C@@H]4CO[C@@H](c5ccccc5)O[C@H]4[C@H](OCc4ccccc4)[C@H]3OCc3ccccc3)[C@@H](O)[C@H](OCc3ccccc3)[C@H]2OCc2ccccc2)[C@H](OCc2ccccc2)[C@H]1OCc1ccccc1. The molecule has 0 bridgehead atoms. The largest absolute Gasteiger partial charge is 0.459 e. The lowest BCUT2D eigenvalue weighted by atomic mass is 9.95. The van der Waals surface area contributed by atoms with Gasteiger partial charge in [0.15, 0.2) is 25.2 Å². The standard InChI is InChI=1S/C118H122O23SSi/c1-118(2,3)143(91-63-37-15-38-64-91,92-65-39-16-40-66-92)134-80-98-102(104(124-70-82-45-19-6-20-46-82)108(114(122-4)136-98)128-74-86-53-27-10-28-54-86)141-115-107(127-73-85-51-25-9-26-52-85)103(123-69-81-43-17-5-18-44-81)99(119)95(135-115)77-131-111(120)93-67-41-42-68-94(93)112(121)132-78-97-101(106(126-72-84-49-23-8-24-50-84)110(130-76-88-57-31-12-32-58-88)117(138-97)142-90-61-35-14-36-62-90)140-116-109(129-75-87-55-29-11-30-56-87)105(125-71-83-47-21-7-22-48-83)100-96(137-116)79-133-113(139-100)89-59-33-13-34-60-89/h5-68,95-110,113-117,119H,69-80H2,1-4H3/t95-,96-,97-,98-,99-,100-,101-,102-,103+,104+,105+,106+,107-,108-,109-,110-,113-,114+,115-,116-,117+/m1/s1. The second-order valence-electron chi connectivity index (χ2n) is 37.0. The average Bonchev–Trinajstić information content (AvgIpc) is 0.778. The molecular formula is C118H122O23SSi. The molecule has 21 atom stereocenters. The molecule has 5 aliphatic heterocycles. The van der Waals surface area contributed by atoms with E-state index in [9.17, 15) is 5.11 Å². The Morgan fingerprint density at radius 2 is 0.643 bits per heavy atom. The summed E-state index contributed by atoms with van der Waals surface area (Å²) in [6.45, 7) is 6.07. The van der Waals surface area contributed by atoms with Gasteiger partial charge in [0.05, 0.1) is 77.2 Å². The highest BCUT2D eigenvalue weighted by atomic mass is 32.2. The minimum Gasteiger partial charge on any atom is -0.459 e. The maximum Gasteiger partial charge on any atom is 0.339 e. The molecule has 0 aromatic heterocycles. The molecule has 0 amide bonds. The van der Waals surface area contributed by atoms with Crippen LogP contribution in [0.15, 0.2) is 393 Å². The average molecular weight is 1970 g/mol. The van der Waals surface area contributed by atoms with Gasteiger partial charge in [-0.3, -0.25) is 0 Å². The molecule has 1 N–H and O–H groups in total. The number of methoxy groups -OCH3 is 1. The first-order chi connectivity index (χ1) is 70.2. The van der Waals surface area contributed by atoms with Crippen molar-refractivity contribution in [3.8, 4) is 0 Å². The normalized spacial score (nSPS) is 25.6. The lowest BCUT2D eigenvalue weighted by Gasteiger charge is -2.51. The number of ether oxygens (including phenoxy) is 19. The molecule has 5 aliphatic rings. The Morgan fingerprint density at radius 1 is 0.329 bits per heavy atom. The lowest BCUT2D eigenvalue weighted by molar-refractivity contribution is -0.388. The van der Waals surface area contributed by atoms with E-state index in [1.165, 1.54) is 23.9 Å². The molecule has 0 spiro atoms. The Morgan fingerprint density at radius 3 is 1.05 bits per heavy atom. The van der Waals surface area contributed by atoms with Crippen molar-refractivity contribution in [2.75, 3.05) is 33.5 Å². The van der Waals surface area contributed by atoms with Crippen molar-refractivity contribution in [1.82, 2.24) is 0 Å². The van der Waals surface area contributed by atoms with Crippen molar-refractivity contribution < 1.29 is 109 Å². The molecule has 0 aliphatic carbocycles. The molecule has 5 saturated heterocycles. The number of carbonyl (C=O) groups excluding carboxylic acids is 2. The summed E-state index contributed by atoms with van der Waals surface area (Å²) in [6, 6.07) is 124. The van der Waals surface area contributed by atoms with Gasteiger partial charge >= 0.3 is 11.9 Å². The molecule has 0 unspecified atom stereocenters. The highest BCUT2D eigenvalue weighted by Crippen LogP contribution is 2.45. The van der Waals surface area contributed by atoms with Gasteiger partial charge in [-0.15, -0.1) is 0 Å². The monoisotopic (exact) mass is 1970 g/mol. The zero-order chi connectivity index (χ0) is 98.0. The molecule has 742 valence electrons. The van der Waals surface area contributed by atoms with Gasteiger partial charge in [0, 0.05) is 17.6 Å². The second-order valence-corrected chi connectivity index (χ2v) is 42.5. The van der Waals surface area contributed by atoms with Crippen LogP contribution in [-0.2, 0) is 147 Å². The number of thioether (sulfide) groups is 1. The van der Waals surface area contributed by atoms with Gasteiger partial charge in [0.1, 0.15) is 116 Å². The van der Waals surface area contributed by atoms with Crippen LogP contribution >= 0.6 is 11.8 Å². The predicted octanol–water partition coefficient (Wildman–Crippen LogP) is 18.8. The van der Waals surface area contributed by atoms with Crippen LogP contribution in [0.3, 0.4) is 0 Å². The zero-order valence-corrected chi connectivity index (χ0v) is 82.2. The van der Waals surface area contributed by atoms with E-state index in [0.717, 1.165) is 65.3 Å². The molecule has 13 aromatic rings. The first-order valence-corrected chi connectivity index (χ1v) is 51.6. The van der Waals surface area contributed by atoms with Crippen molar-refractivity contribution in [2.24, 2.45) is 0 Å². The summed E-state index contributed by atoms with van der Waals surface area (Å²) in [7, 11) is -1.83. The lowest BCUT2D eigenvalue weighted by Crippen LogP contribution is -2.69. The van der Waals surface area contributed by atoms with E-state index in [-0.39, 0.29) is 77.2 Å². The molecule has 0 radical (unpaired) electrons. The Kier molecular flexibility index (Phi) is 35.8. The number of hydrogen-bond acceptors (Lipinski definition) is 24. The van der Waals surface area contributed by atoms with Crippen LogP contribution in [0.4, 0.5) is 0 Å². The summed E-state index contributed by atoms with van der Waals surface area (Å²) >= 11 is 1.41. The maximum atomic E-state index is 15.8. The van der Waals surface area contributed by atoms with E-state index >= 15 is 9.59 Å². The second kappa shape index (κ2) is 50.4. The van der Waals surface area contributed by atoms with Gasteiger partial charge in [-0.1, -0.05) is 397 Å². The van der Waals surface area contributed by atoms with Gasteiger partial charge in [0.2, 0.25) is 0 Å². The van der Waals surface area contributed by atoms with E-state index in [4.69, 9.17) is 94.4 Å². The van der Waals surface area contributed by atoms with Crippen molar-refractivity contribution >= 4 is 42.4 Å². The van der Waals surface area contributed by atoms with Crippen LogP contribution in [0.2, 0.25) is 5.04 Å². The third-order valence-corrected chi connectivity index (χ3v) is 32.4. The fraction of sp³-hybridized carbons (Fsp3) is 0.322. The first-order valence-electron chi connectivity index (χ1n) is 48.8. The van der Waals surface area contributed by atoms with Crippen molar-refractivity contribution in [3.63, 3.8) is 0 Å². The number of benzene rings is 13. The van der Waals surface area contributed by atoms with E-state index < -0.39 is 167 Å². The fourth-order valence-electron chi connectivity index (χ4n) is 19.0. The van der Waals surface area contributed by atoms with Crippen LogP contribution in [-0.4, -0.2) is 181 Å². The minimum absolute atomic E-state index is 0.00297. The number of hydrogen-bond donors (Lipinski definition) is 1. The van der Waals surface area contributed by atoms with Gasteiger partial charge in [-0.2, -0.15) is 0 Å². The number of carbonyl (C=O) groups is 2. The topological polar surface area (TPSA) is 239 Å². The molecule has 5 fully saturated rings. The molecular weight excluding hydrogens is 1850 g/mol. The quantitative estimate of drug-likeness (QED) is 0.0276. The predicted molar refractivity (Wildman–Crippen MR) is 540 cm³/mol. The van der Waals surface area contributed by atoms with Crippen LogP contribution in [0.1, 0.15) is 97.8 Å². The third-order valence-electron chi connectivity index (χ3n) is 26.3.